The van der Waals surface area contributed by atoms with Gasteiger partial charge in [-0.15, -0.1) is 0 Å². The van der Waals surface area contributed by atoms with Gasteiger partial charge in [-0.05, 0) is 52.9 Å². The average Bonchev–Trinajstić information content (AvgIpc) is 3.27. The highest BCUT2D eigenvalue weighted by molar-refractivity contribution is 7.08. The smallest absolute Gasteiger partial charge is 0.227 e. The Morgan fingerprint density at radius 3 is 2.77 bits per heavy atom. The molecule has 3 aromatic rings. The molecule has 1 atom stereocenters. The third-order valence-electron chi connectivity index (χ3n) is 5.46. The van der Waals surface area contributed by atoms with E-state index in [-0.39, 0.29) is 11.8 Å². The lowest BCUT2D eigenvalue weighted by Gasteiger charge is -2.33. The van der Waals surface area contributed by atoms with E-state index in [0.717, 1.165) is 41.8 Å². The van der Waals surface area contributed by atoms with E-state index in [9.17, 15) is 4.79 Å². The van der Waals surface area contributed by atoms with Crippen molar-refractivity contribution in [1.82, 2.24) is 14.9 Å². The molecule has 0 radical (unpaired) electrons. The number of hydrogen-bond acceptors (Lipinski definition) is 5. The van der Waals surface area contributed by atoms with E-state index in [1.54, 1.807) is 11.3 Å². The molecule has 3 heterocycles. The highest BCUT2D eigenvalue weighted by Gasteiger charge is 2.28. The summed E-state index contributed by atoms with van der Waals surface area (Å²) in [7, 11) is 3.89. The van der Waals surface area contributed by atoms with Crippen LogP contribution in [-0.4, -0.2) is 48.0 Å². The molecule has 1 aliphatic rings. The standard InChI is InChI=1S/C23H25ClN4OS/c1-27(2)23-25-13-20(17-5-7-19(24)8-6-17)22(26-23)18-4-3-10-28(14-18)21(29)12-16-9-11-30-15-16/h5-9,11,13,15,18H,3-4,10,12,14H2,1-2H3/t18-/m0/s1. The minimum Gasteiger partial charge on any atom is -0.347 e. The summed E-state index contributed by atoms with van der Waals surface area (Å²) in [6.07, 6.45) is 4.34. The molecule has 1 aliphatic heterocycles. The zero-order valence-corrected chi connectivity index (χ0v) is 18.8. The lowest BCUT2D eigenvalue weighted by Crippen LogP contribution is -2.40. The summed E-state index contributed by atoms with van der Waals surface area (Å²) in [4.78, 5) is 26.2. The van der Waals surface area contributed by atoms with Gasteiger partial charge in [0.1, 0.15) is 0 Å². The topological polar surface area (TPSA) is 49.3 Å². The molecule has 7 heteroatoms. The van der Waals surface area contributed by atoms with Crippen molar-refractivity contribution >= 4 is 34.8 Å². The molecule has 1 amide bonds. The molecule has 1 aromatic carbocycles. The Kier molecular flexibility index (Phi) is 6.35. The number of nitrogens with zero attached hydrogens (tertiary/aromatic N) is 4. The summed E-state index contributed by atoms with van der Waals surface area (Å²) in [6, 6.07) is 9.80. The maximum Gasteiger partial charge on any atom is 0.227 e. The van der Waals surface area contributed by atoms with Gasteiger partial charge < -0.3 is 9.80 Å². The van der Waals surface area contributed by atoms with Crippen LogP contribution in [0.4, 0.5) is 5.95 Å². The van der Waals surface area contributed by atoms with E-state index < -0.39 is 0 Å². The molecule has 2 aromatic heterocycles. The number of piperidine rings is 1. The van der Waals surface area contributed by atoms with Crippen LogP contribution in [0.3, 0.4) is 0 Å². The average molecular weight is 441 g/mol. The Balaban J connectivity index is 1.63. The fourth-order valence-electron chi connectivity index (χ4n) is 3.87. The van der Waals surface area contributed by atoms with Gasteiger partial charge >= 0.3 is 0 Å². The number of halogens is 1. The van der Waals surface area contributed by atoms with Crippen LogP contribution in [0.15, 0.2) is 47.3 Å². The first-order valence-electron chi connectivity index (χ1n) is 10.1. The number of hydrogen-bond donors (Lipinski definition) is 0. The van der Waals surface area contributed by atoms with Gasteiger partial charge in [0.05, 0.1) is 12.1 Å². The van der Waals surface area contributed by atoms with Crippen LogP contribution in [0.2, 0.25) is 5.02 Å². The number of carbonyl (C=O) groups excluding carboxylic acids is 1. The van der Waals surface area contributed by atoms with Gasteiger partial charge in [0.25, 0.3) is 0 Å². The number of amides is 1. The number of thiophene rings is 1. The molecule has 1 fully saturated rings. The molecule has 30 heavy (non-hydrogen) atoms. The number of benzene rings is 1. The lowest BCUT2D eigenvalue weighted by molar-refractivity contribution is -0.131. The molecule has 0 spiro atoms. The van der Waals surface area contributed by atoms with Gasteiger partial charge in [-0.2, -0.15) is 11.3 Å². The van der Waals surface area contributed by atoms with Crippen molar-refractivity contribution in [1.29, 1.82) is 0 Å². The van der Waals surface area contributed by atoms with Gasteiger partial charge in [-0.1, -0.05) is 23.7 Å². The predicted molar refractivity (Wildman–Crippen MR) is 123 cm³/mol. The van der Waals surface area contributed by atoms with E-state index in [1.165, 1.54) is 0 Å². The normalized spacial score (nSPS) is 16.5. The van der Waals surface area contributed by atoms with Gasteiger partial charge in [0, 0.05) is 49.9 Å². The summed E-state index contributed by atoms with van der Waals surface area (Å²) < 4.78 is 0. The first kappa shape index (κ1) is 20.8. The van der Waals surface area contributed by atoms with Gasteiger partial charge in [0.15, 0.2) is 0 Å². The van der Waals surface area contributed by atoms with Crippen molar-refractivity contribution in [2.75, 3.05) is 32.1 Å². The van der Waals surface area contributed by atoms with Crippen LogP contribution in [0.5, 0.6) is 0 Å². The van der Waals surface area contributed by atoms with E-state index >= 15 is 0 Å². The number of anilines is 1. The monoisotopic (exact) mass is 440 g/mol. The Hall–Kier alpha value is -2.44. The summed E-state index contributed by atoms with van der Waals surface area (Å²) in [5, 5.41) is 4.77. The number of rotatable bonds is 5. The molecule has 1 saturated heterocycles. The third-order valence-corrected chi connectivity index (χ3v) is 6.44. The van der Waals surface area contributed by atoms with Crippen molar-refractivity contribution < 1.29 is 4.79 Å². The molecular weight excluding hydrogens is 416 g/mol. The Morgan fingerprint density at radius 2 is 2.07 bits per heavy atom. The molecule has 0 bridgehead atoms. The maximum absolute atomic E-state index is 12.9. The molecular formula is C23H25ClN4OS. The van der Waals surface area contributed by atoms with Crippen molar-refractivity contribution in [2.24, 2.45) is 0 Å². The van der Waals surface area contributed by atoms with Crippen LogP contribution in [0.1, 0.15) is 30.0 Å². The van der Waals surface area contributed by atoms with E-state index in [4.69, 9.17) is 16.6 Å². The highest BCUT2D eigenvalue weighted by atomic mass is 35.5. The van der Waals surface area contributed by atoms with Crippen LogP contribution in [0, 0.1) is 0 Å². The first-order chi connectivity index (χ1) is 14.5. The van der Waals surface area contributed by atoms with Crippen LogP contribution < -0.4 is 4.90 Å². The van der Waals surface area contributed by atoms with Gasteiger partial charge in [-0.3, -0.25) is 4.79 Å². The van der Waals surface area contributed by atoms with Crippen LogP contribution in [0.25, 0.3) is 11.1 Å². The quantitative estimate of drug-likeness (QED) is 0.567. The maximum atomic E-state index is 12.9. The van der Waals surface area contributed by atoms with Crippen molar-refractivity contribution in [3.05, 3.63) is 63.6 Å². The Morgan fingerprint density at radius 1 is 1.27 bits per heavy atom. The zero-order valence-electron chi connectivity index (χ0n) is 17.2. The molecule has 4 rings (SSSR count). The van der Waals surface area contributed by atoms with Gasteiger partial charge in [0.2, 0.25) is 11.9 Å². The predicted octanol–water partition coefficient (Wildman–Crippen LogP) is 4.87. The Labute approximate surface area is 186 Å². The second-order valence-electron chi connectivity index (χ2n) is 7.86. The minimum atomic E-state index is 0.178. The summed E-state index contributed by atoms with van der Waals surface area (Å²) >= 11 is 7.71. The fourth-order valence-corrected chi connectivity index (χ4v) is 4.66. The molecule has 0 aliphatic carbocycles. The number of carbonyl (C=O) groups is 1. The molecule has 5 nitrogen and oxygen atoms in total. The van der Waals surface area contributed by atoms with Gasteiger partial charge in [-0.25, -0.2) is 9.97 Å². The van der Waals surface area contributed by atoms with Crippen molar-refractivity contribution in [3.63, 3.8) is 0 Å². The third kappa shape index (κ3) is 4.65. The Bertz CT molecular complexity index is 1000. The highest BCUT2D eigenvalue weighted by Crippen LogP contribution is 2.34. The fraction of sp³-hybridized carbons (Fsp3) is 0.348. The largest absolute Gasteiger partial charge is 0.347 e. The first-order valence-corrected chi connectivity index (χ1v) is 11.4. The van der Waals surface area contributed by atoms with Crippen molar-refractivity contribution in [3.8, 4) is 11.1 Å². The van der Waals surface area contributed by atoms with E-state index in [1.807, 2.05) is 71.2 Å². The van der Waals surface area contributed by atoms with E-state index in [2.05, 4.69) is 4.98 Å². The van der Waals surface area contributed by atoms with Crippen LogP contribution in [-0.2, 0) is 11.2 Å². The zero-order chi connectivity index (χ0) is 21.1. The summed E-state index contributed by atoms with van der Waals surface area (Å²) in [6.45, 7) is 1.49. The van der Waals surface area contributed by atoms with Crippen LogP contribution >= 0.6 is 22.9 Å². The number of likely N-dealkylation sites (tertiary alicyclic amines) is 1. The second-order valence-corrected chi connectivity index (χ2v) is 9.07. The van der Waals surface area contributed by atoms with Crippen molar-refractivity contribution in [2.45, 2.75) is 25.2 Å². The molecule has 0 saturated carbocycles. The SMILES string of the molecule is CN(C)c1ncc(-c2ccc(Cl)cc2)c([C@H]2CCCN(C(=O)Cc3ccsc3)C2)n1. The minimum absolute atomic E-state index is 0.178. The second kappa shape index (κ2) is 9.14. The summed E-state index contributed by atoms with van der Waals surface area (Å²) in [5.41, 5.74) is 4.14. The summed E-state index contributed by atoms with van der Waals surface area (Å²) in [5.74, 6) is 1.05. The van der Waals surface area contributed by atoms with E-state index in [0.29, 0.717) is 23.9 Å². The lowest BCUT2D eigenvalue weighted by atomic mass is 9.89. The molecule has 0 N–H and O–H groups in total. The molecule has 156 valence electrons. The molecule has 0 unspecified atom stereocenters. The number of aromatic nitrogens is 2.